The van der Waals surface area contributed by atoms with E-state index in [-0.39, 0.29) is 17.0 Å². The summed E-state index contributed by atoms with van der Waals surface area (Å²) in [6, 6.07) is 3.96. The number of hydrogen-bond acceptors (Lipinski definition) is 4. The lowest BCUT2D eigenvalue weighted by atomic mass is 10.1. The van der Waals surface area contributed by atoms with Crippen molar-refractivity contribution in [3.8, 4) is 0 Å². The molecule has 20 heavy (non-hydrogen) atoms. The summed E-state index contributed by atoms with van der Waals surface area (Å²) >= 11 is 0. The van der Waals surface area contributed by atoms with E-state index in [1.807, 2.05) is 0 Å². The summed E-state index contributed by atoms with van der Waals surface area (Å²) in [6.45, 7) is 1.77. The van der Waals surface area contributed by atoms with Crippen molar-refractivity contribution < 1.29 is 22.5 Å². The van der Waals surface area contributed by atoms with Crippen molar-refractivity contribution in [1.82, 2.24) is 4.72 Å². The highest BCUT2D eigenvalue weighted by Gasteiger charge is 2.17. The van der Waals surface area contributed by atoms with Gasteiger partial charge in [0, 0.05) is 29.4 Å². The van der Waals surface area contributed by atoms with Crippen LogP contribution in [-0.4, -0.2) is 42.3 Å². The molecular formula is C12H17NO5S2. The molecule has 0 saturated heterocycles. The number of benzene rings is 1. The first-order chi connectivity index (χ1) is 9.24. The molecule has 0 aromatic heterocycles. The first kappa shape index (κ1) is 16.8. The molecule has 2 N–H and O–H groups in total. The first-order valence-electron chi connectivity index (χ1n) is 5.87. The van der Waals surface area contributed by atoms with E-state index in [9.17, 15) is 17.4 Å². The molecule has 0 amide bonds. The fourth-order valence-electron chi connectivity index (χ4n) is 1.56. The molecule has 0 aliphatic heterocycles. The smallest absolute Gasteiger partial charge is 0.335 e. The van der Waals surface area contributed by atoms with Crippen LogP contribution >= 0.6 is 0 Å². The maximum atomic E-state index is 12.0. The molecule has 1 rings (SSSR count). The monoisotopic (exact) mass is 319 g/mol. The van der Waals surface area contributed by atoms with Gasteiger partial charge < -0.3 is 5.11 Å². The number of carboxylic acid groups (broad SMARTS) is 1. The lowest BCUT2D eigenvalue weighted by molar-refractivity contribution is 0.0696. The summed E-state index contributed by atoms with van der Waals surface area (Å²) in [5.41, 5.74) is 0.459. The van der Waals surface area contributed by atoms with Gasteiger partial charge in [-0.1, -0.05) is 6.07 Å². The molecule has 0 saturated carbocycles. The molecule has 0 aliphatic carbocycles. The van der Waals surface area contributed by atoms with Gasteiger partial charge in [-0.05, 0) is 31.0 Å². The average molecular weight is 319 g/mol. The van der Waals surface area contributed by atoms with Gasteiger partial charge in [-0.15, -0.1) is 0 Å². The minimum absolute atomic E-state index is 0.0393. The Balaban J connectivity index is 2.85. The maximum Gasteiger partial charge on any atom is 0.335 e. The molecule has 0 bridgehead atoms. The molecule has 1 unspecified atom stereocenters. The summed E-state index contributed by atoms with van der Waals surface area (Å²) in [7, 11) is -4.71. The van der Waals surface area contributed by atoms with Crippen LogP contribution in [0.2, 0.25) is 0 Å². The fraction of sp³-hybridized carbons (Fsp3) is 0.417. The van der Waals surface area contributed by atoms with Gasteiger partial charge in [0.2, 0.25) is 10.0 Å². The van der Waals surface area contributed by atoms with Crippen LogP contribution in [-0.2, 0) is 20.8 Å². The second-order valence-corrected chi connectivity index (χ2v) is 7.63. The standard InChI is InChI=1S/C12H17NO5S2/c1-9-4-5-10(8-11(9)12(14)15)20(17,18)13-6-3-7-19(2)16/h4-5,8,13H,3,6-7H2,1-2H3,(H,14,15). The number of nitrogens with one attached hydrogen (secondary N) is 1. The van der Waals surface area contributed by atoms with E-state index in [0.717, 1.165) is 6.07 Å². The van der Waals surface area contributed by atoms with Crippen molar-refractivity contribution >= 4 is 26.8 Å². The largest absolute Gasteiger partial charge is 0.478 e. The normalized spacial score (nSPS) is 13.1. The molecule has 8 heteroatoms. The lowest BCUT2D eigenvalue weighted by Crippen LogP contribution is -2.26. The highest BCUT2D eigenvalue weighted by molar-refractivity contribution is 7.89. The van der Waals surface area contributed by atoms with Gasteiger partial charge in [0.25, 0.3) is 0 Å². The van der Waals surface area contributed by atoms with Crippen LogP contribution in [0.5, 0.6) is 0 Å². The van der Waals surface area contributed by atoms with Crippen LogP contribution in [0.1, 0.15) is 22.3 Å². The van der Waals surface area contributed by atoms with E-state index >= 15 is 0 Å². The summed E-state index contributed by atoms with van der Waals surface area (Å²) < 4.78 is 37.2. The summed E-state index contributed by atoms with van der Waals surface area (Å²) in [4.78, 5) is 10.9. The minimum atomic E-state index is -3.74. The number of aryl methyl sites for hydroxylation is 1. The second kappa shape index (κ2) is 6.96. The molecular weight excluding hydrogens is 302 g/mol. The van der Waals surface area contributed by atoms with Crippen molar-refractivity contribution in [1.29, 1.82) is 0 Å². The van der Waals surface area contributed by atoms with E-state index in [2.05, 4.69) is 4.72 Å². The zero-order chi connectivity index (χ0) is 15.3. The Labute approximate surface area is 120 Å². The number of carboxylic acids is 1. The van der Waals surface area contributed by atoms with Gasteiger partial charge in [-0.3, -0.25) is 4.21 Å². The highest BCUT2D eigenvalue weighted by Crippen LogP contribution is 2.15. The van der Waals surface area contributed by atoms with Crippen LogP contribution in [0.25, 0.3) is 0 Å². The Kier molecular flexibility index (Phi) is 5.85. The van der Waals surface area contributed by atoms with Crippen molar-refractivity contribution in [3.05, 3.63) is 29.3 Å². The Morgan fingerprint density at radius 3 is 2.60 bits per heavy atom. The Morgan fingerprint density at radius 1 is 1.40 bits per heavy atom. The summed E-state index contributed by atoms with van der Waals surface area (Å²) in [5, 5.41) is 8.98. The molecule has 112 valence electrons. The maximum absolute atomic E-state index is 12.0. The molecule has 1 aromatic carbocycles. The van der Waals surface area contributed by atoms with Gasteiger partial charge in [0.05, 0.1) is 10.5 Å². The van der Waals surface area contributed by atoms with E-state index in [1.54, 1.807) is 13.2 Å². The van der Waals surface area contributed by atoms with Crippen molar-refractivity contribution in [2.75, 3.05) is 18.6 Å². The molecule has 0 aliphatic rings. The lowest BCUT2D eigenvalue weighted by Gasteiger charge is -2.08. The summed E-state index contributed by atoms with van der Waals surface area (Å²) in [6.07, 6.45) is 2.01. The Morgan fingerprint density at radius 2 is 2.05 bits per heavy atom. The van der Waals surface area contributed by atoms with E-state index < -0.39 is 26.8 Å². The number of carbonyl (C=O) groups is 1. The third-order valence-electron chi connectivity index (χ3n) is 2.65. The Bertz CT molecular complexity index is 625. The zero-order valence-electron chi connectivity index (χ0n) is 11.3. The van der Waals surface area contributed by atoms with Crippen LogP contribution in [0.3, 0.4) is 0 Å². The van der Waals surface area contributed by atoms with Crippen LogP contribution in [0.15, 0.2) is 23.1 Å². The molecule has 0 heterocycles. The van der Waals surface area contributed by atoms with Crippen LogP contribution in [0, 0.1) is 6.92 Å². The van der Waals surface area contributed by atoms with Crippen molar-refractivity contribution in [2.45, 2.75) is 18.2 Å². The molecule has 6 nitrogen and oxygen atoms in total. The topological polar surface area (TPSA) is 101 Å². The van der Waals surface area contributed by atoms with Gasteiger partial charge >= 0.3 is 5.97 Å². The molecule has 0 fully saturated rings. The highest BCUT2D eigenvalue weighted by atomic mass is 32.2. The van der Waals surface area contributed by atoms with Gasteiger partial charge in [-0.25, -0.2) is 17.9 Å². The third-order valence-corrected chi connectivity index (χ3v) is 4.97. The van der Waals surface area contributed by atoms with Gasteiger partial charge in [0.1, 0.15) is 0 Å². The van der Waals surface area contributed by atoms with E-state index in [1.165, 1.54) is 12.1 Å². The van der Waals surface area contributed by atoms with Crippen molar-refractivity contribution in [2.24, 2.45) is 0 Å². The number of rotatable bonds is 7. The quantitative estimate of drug-likeness (QED) is 0.722. The number of aromatic carboxylic acids is 1. The average Bonchev–Trinajstić information content (AvgIpc) is 2.34. The molecule has 0 spiro atoms. The SMILES string of the molecule is Cc1ccc(S(=O)(=O)NCCCS(C)=O)cc1C(=O)O. The molecule has 0 radical (unpaired) electrons. The third kappa shape index (κ3) is 4.69. The Hall–Kier alpha value is -1.25. The zero-order valence-corrected chi connectivity index (χ0v) is 12.9. The van der Waals surface area contributed by atoms with Crippen molar-refractivity contribution in [3.63, 3.8) is 0 Å². The van der Waals surface area contributed by atoms with E-state index in [4.69, 9.17) is 5.11 Å². The van der Waals surface area contributed by atoms with Crippen LogP contribution < -0.4 is 4.72 Å². The number of hydrogen-bond donors (Lipinski definition) is 2. The predicted octanol–water partition coefficient (Wildman–Crippen LogP) is 0.740. The predicted molar refractivity (Wildman–Crippen MR) is 76.9 cm³/mol. The van der Waals surface area contributed by atoms with Crippen LogP contribution in [0.4, 0.5) is 0 Å². The minimum Gasteiger partial charge on any atom is -0.478 e. The van der Waals surface area contributed by atoms with Gasteiger partial charge in [-0.2, -0.15) is 0 Å². The van der Waals surface area contributed by atoms with E-state index in [0.29, 0.717) is 17.7 Å². The first-order valence-corrected chi connectivity index (χ1v) is 9.08. The molecule has 1 atom stereocenters. The number of sulfonamides is 1. The second-order valence-electron chi connectivity index (χ2n) is 4.31. The fourth-order valence-corrected chi connectivity index (χ4v) is 3.21. The van der Waals surface area contributed by atoms with Gasteiger partial charge in [0.15, 0.2) is 0 Å². The summed E-state index contributed by atoms with van der Waals surface area (Å²) in [5.74, 6) is -0.752. The molecule has 1 aromatic rings.